The average molecular weight is 240 g/mol. The Morgan fingerprint density at radius 2 is 1.88 bits per heavy atom. The smallest absolute Gasteiger partial charge is 0.00698 e. The van der Waals surface area contributed by atoms with Gasteiger partial charge in [-0.25, -0.2) is 0 Å². The van der Waals surface area contributed by atoms with Gasteiger partial charge in [-0.15, -0.1) is 0 Å². The minimum absolute atomic E-state index is 0.672. The zero-order valence-corrected chi connectivity index (χ0v) is 12.5. The quantitative estimate of drug-likeness (QED) is 0.718. The number of nitrogens with zero attached hydrogens (tertiary/aromatic N) is 1. The molecular formula is C15H32N2. The second kappa shape index (κ2) is 7.38. The molecule has 0 saturated heterocycles. The summed E-state index contributed by atoms with van der Waals surface area (Å²) < 4.78 is 0. The summed E-state index contributed by atoms with van der Waals surface area (Å²) in [6.45, 7) is 11.7. The van der Waals surface area contributed by atoms with Crippen LogP contribution in [-0.2, 0) is 0 Å². The van der Waals surface area contributed by atoms with Gasteiger partial charge in [-0.1, -0.05) is 13.8 Å². The van der Waals surface area contributed by atoms with Crippen molar-refractivity contribution in [3.8, 4) is 0 Å². The maximum Gasteiger partial charge on any atom is 0.00698 e. The van der Waals surface area contributed by atoms with E-state index in [4.69, 9.17) is 0 Å². The van der Waals surface area contributed by atoms with Gasteiger partial charge in [0, 0.05) is 12.1 Å². The lowest BCUT2D eigenvalue weighted by molar-refractivity contribution is 0.220. The topological polar surface area (TPSA) is 15.3 Å². The van der Waals surface area contributed by atoms with Crippen molar-refractivity contribution in [2.75, 3.05) is 20.1 Å². The molecule has 0 amide bonds. The van der Waals surface area contributed by atoms with Crippen LogP contribution in [0.3, 0.4) is 0 Å². The van der Waals surface area contributed by atoms with Crippen LogP contribution < -0.4 is 5.32 Å². The van der Waals surface area contributed by atoms with E-state index in [1.807, 2.05) is 0 Å². The van der Waals surface area contributed by atoms with Crippen LogP contribution in [0.15, 0.2) is 0 Å². The molecule has 1 aliphatic carbocycles. The van der Waals surface area contributed by atoms with Crippen molar-refractivity contribution in [2.45, 2.75) is 65.5 Å². The Balaban J connectivity index is 2.07. The first-order valence-corrected chi connectivity index (χ1v) is 7.44. The van der Waals surface area contributed by atoms with Crippen LogP contribution >= 0.6 is 0 Å². The van der Waals surface area contributed by atoms with Gasteiger partial charge in [0.15, 0.2) is 0 Å². The lowest BCUT2D eigenvalue weighted by atomic mass is 9.79. The van der Waals surface area contributed by atoms with Crippen LogP contribution in [0.4, 0.5) is 0 Å². The van der Waals surface area contributed by atoms with Crippen LogP contribution in [0.5, 0.6) is 0 Å². The van der Waals surface area contributed by atoms with Crippen molar-refractivity contribution in [1.82, 2.24) is 10.2 Å². The third-order valence-corrected chi connectivity index (χ3v) is 4.60. The second-order valence-corrected chi connectivity index (χ2v) is 6.35. The summed E-state index contributed by atoms with van der Waals surface area (Å²) in [5, 5.41) is 3.74. The monoisotopic (exact) mass is 240 g/mol. The minimum Gasteiger partial charge on any atom is -0.314 e. The third-order valence-electron chi connectivity index (χ3n) is 4.60. The summed E-state index contributed by atoms with van der Waals surface area (Å²) in [4.78, 5) is 2.42. The number of nitrogens with one attached hydrogen (secondary N) is 1. The van der Waals surface area contributed by atoms with E-state index in [0.29, 0.717) is 6.04 Å². The molecule has 3 unspecified atom stereocenters. The molecule has 2 heteroatoms. The summed E-state index contributed by atoms with van der Waals surface area (Å²) in [7, 11) is 2.22. The predicted molar refractivity (Wildman–Crippen MR) is 76.4 cm³/mol. The van der Waals surface area contributed by atoms with E-state index < -0.39 is 0 Å². The molecule has 0 aromatic rings. The fourth-order valence-corrected chi connectivity index (χ4v) is 2.63. The standard InChI is InChI=1S/C15H32N2/c1-12(2)17(5)10-6-9-16-15-8-7-13(3)14(4)11-15/h12-16H,6-11H2,1-5H3. The van der Waals surface area contributed by atoms with E-state index in [9.17, 15) is 0 Å². The second-order valence-electron chi connectivity index (χ2n) is 6.35. The van der Waals surface area contributed by atoms with E-state index in [-0.39, 0.29) is 0 Å². The van der Waals surface area contributed by atoms with Gasteiger partial charge in [0.2, 0.25) is 0 Å². The minimum atomic E-state index is 0.672. The molecule has 0 radical (unpaired) electrons. The highest BCUT2D eigenvalue weighted by Crippen LogP contribution is 2.29. The molecule has 0 aromatic heterocycles. The van der Waals surface area contributed by atoms with Gasteiger partial charge in [-0.05, 0) is 71.5 Å². The van der Waals surface area contributed by atoms with E-state index in [1.165, 1.54) is 38.8 Å². The summed E-state index contributed by atoms with van der Waals surface area (Å²) in [5.74, 6) is 1.83. The van der Waals surface area contributed by atoms with Gasteiger partial charge in [0.25, 0.3) is 0 Å². The van der Waals surface area contributed by atoms with Crippen LogP contribution in [0.2, 0.25) is 0 Å². The SMILES string of the molecule is CC1CCC(NCCCN(C)C(C)C)CC1C. The Bertz CT molecular complexity index is 203. The maximum absolute atomic E-state index is 3.74. The summed E-state index contributed by atoms with van der Waals surface area (Å²) >= 11 is 0. The van der Waals surface area contributed by atoms with Gasteiger partial charge in [-0.2, -0.15) is 0 Å². The van der Waals surface area contributed by atoms with Crippen molar-refractivity contribution >= 4 is 0 Å². The van der Waals surface area contributed by atoms with Gasteiger partial charge in [0.05, 0.1) is 0 Å². The molecule has 3 atom stereocenters. The Kier molecular flexibility index (Phi) is 6.50. The predicted octanol–water partition coefficient (Wildman–Crippen LogP) is 3.13. The molecule has 0 bridgehead atoms. The van der Waals surface area contributed by atoms with Crippen LogP contribution in [0.25, 0.3) is 0 Å². The first-order chi connectivity index (χ1) is 8.00. The first-order valence-electron chi connectivity index (χ1n) is 7.44. The molecule has 1 rings (SSSR count). The fourth-order valence-electron chi connectivity index (χ4n) is 2.63. The summed E-state index contributed by atoms with van der Waals surface area (Å²) in [6, 6.07) is 1.45. The number of rotatable bonds is 6. The zero-order valence-electron chi connectivity index (χ0n) is 12.5. The highest BCUT2D eigenvalue weighted by molar-refractivity contribution is 4.79. The maximum atomic E-state index is 3.74. The molecule has 1 N–H and O–H groups in total. The molecule has 0 aliphatic heterocycles. The number of hydrogen-bond donors (Lipinski definition) is 1. The van der Waals surface area contributed by atoms with E-state index >= 15 is 0 Å². The number of hydrogen-bond acceptors (Lipinski definition) is 2. The molecule has 1 fully saturated rings. The van der Waals surface area contributed by atoms with Crippen molar-refractivity contribution in [2.24, 2.45) is 11.8 Å². The molecule has 17 heavy (non-hydrogen) atoms. The largest absolute Gasteiger partial charge is 0.314 e. The Morgan fingerprint density at radius 1 is 1.18 bits per heavy atom. The Hall–Kier alpha value is -0.0800. The fraction of sp³-hybridized carbons (Fsp3) is 1.00. The highest BCUT2D eigenvalue weighted by atomic mass is 15.1. The first kappa shape index (κ1) is 15.0. The lowest BCUT2D eigenvalue weighted by Crippen LogP contribution is -2.38. The van der Waals surface area contributed by atoms with Gasteiger partial charge in [0.1, 0.15) is 0 Å². The van der Waals surface area contributed by atoms with Gasteiger partial charge < -0.3 is 10.2 Å². The molecule has 0 spiro atoms. The molecule has 2 nitrogen and oxygen atoms in total. The van der Waals surface area contributed by atoms with Crippen molar-refractivity contribution in [3.05, 3.63) is 0 Å². The normalized spacial score (nSPS) is 30.2. The van der Waals surface area contributed by atoms with Crippen LogP contribution in [-0.4, -0.2) is 37.1 Å². The van der Waals surface area contributed by atoms with E-state index in [1.54, 1.807) is 0 Å². The molecule has 1 aliphatic rings. The molecule has 0 heterocycles. The molecule has 1 saturated carbocycles. The molecular weight excluding hydrogens is 208 g/mol. The highest BCUT2D eigenvalue weighted by Gasteiger charge is 2.23. The zero-order chi connectivity index (χ0) is 12.8. The summed E-state index contributed by atoms with van der Waals surface area (Å²) in [6.07, 6.45) is 5.44. The lowest BCUT2D eigenvalue weighted by Gasteiger charge is -2.32. The van der Waals surface area contributed by atoms with Gasteiger partial charge >= 0.3 is 0 Å². The van der Waals surface area contributed by atoms with E-state index in [0.717, 1.165) is 17.9 Å². The van der Waals surface area contributed by atoms with Crippen molar-refractivity contribution in [3.63, 3.8) is 0 Å². The summed E-state index contributed by atoms with van der Waals surface area (Å²) in [5.41, 5.74) is 0. The van der Waals surface area contributed by atoms with Crippen molar-refractivity contribution in [1.29, 1.82) is 0 Å². The Morgan fingerprint density at radius 3 is 2.47 bits per heavy atom. The van der Waals surface area contributed by atoms with Crippen LogP contribution in [0.1, 0.15) is 53.4 Å². The Labute approximate surface area is 108 Å². The molecule has 102 valence electrons. The van der Waals surface area contributed by atoms with Gasteiger partial charge in [-0.3, -0.25) is 0 Å². The third kappa shape index (κ3) is 5.39. The van der Waals surface area contributed by atoms with E-state index in [2.05, 4.69) is 45.0 Å². The molecule has 0 aromatic carbocycles. The van der Waals surface area contributed by atoms with Crippen molar-refractivity contribution < 1.29 is 0 Å². The average Bonchev–Trinajstić information content (AvgIpc) is 2.28. The van der Waals surface area contributed by atoms with Crippen LogP contribution in [0, 0.1) is 11.8 Å².